The smallest absolute Gasteiger partial charge is 0.254 e. The summed E-state index contributed by atoms with van der Waals surface area (Å²) in [7, 11) is 1.71. The van der Waals surface area contributed by atoms with Gasteiger partial charge in [0, 0.05) is 43.8 Å². The Bertz CT molecular complexity index is 905. The van der Waals surface area contributed by atoms with Gasteiger partial charge in [0.1, 0.15) is 0 Å². The van der Waals surface area contributed by atoms with E-state index in [2.05, 4.69) is 20.9 Å². The number of hydrogen-bond donors (Lipinski definition) is 3. The molecular weight excluding hydrogens is 517 g/mol. The maximum absolute atomic E-state index is 12.5. The third-order valence-electron chi connectivity index (χ3n) is 4.61. The third-order valence-corrected chi connectivity index (χ3v) is 4.98. The first-order valence-corrected chi connectivity index (χ1v) is 9.77. The molecule has 7 nitrogen and oxygen atoms in total. The zero-order chi connectivity index (χ0) is 20.6. The molecule has 0 bridgehead atoms. The number of piperazine rings is 1. The lowest BCUT2D eigenvalue weighted by atomic mass is 10.1. The maximum Gasteiger partial charge on any atom is 0.254 e. The topological polar surface area (TPSA) is 85.8 Å². The molecule has 1 aliphatic rings. The van der Waals surface area contributed by atoms with Crippen LogP contribution in [0, 0.1) is 0 Å². The highest BCUT2D eigenvalue weighted by Gasteiger charge is 2.22. The fraction of sp³-hybridized carbons (Fsp3) is 0.286. The quantitative estimate of drug-likeness (QED) is 0.308. The summed E-state index contributed by atoms with van der Waals surface area (Å²) in [5.74, 6) is 0.405. The lowest BCUT2D eigenvalue weighted by Gasteiger charge is -2.26. The lowest BCUT2D eigenvalue weighted by molar-refractivity contribution is -0.123. The average molecular weight is 542 g/mol. The molecule has 0 aliphatic carbocycles. The molecule has 1 aliphatic heterocycles. The Kier molecular flexibility index (Phi) is 9.38. The predicted octanol–water partition coefficient (Wildman–Crippen LogP) is 2.40. The first-order valence-electron chi connectivity index (χ1n) is 9.39. The van der Waals surface area contributed by atoms with Crippen molar-refractivity contribution in [3.8, 4) is 0 Å². The van der Waals surface area contributed by atoms with Crippen molar-refractivity contribution < 1.29 is 9.59 Å². The average Bonchev–Trinajstić information content (AvgIpc) is 2.75. The van der Waals surface area contributed by atoms with Crippen LogP contribution in [0.4, 0.5) is 0 Å². The van der Waals surface area contributed by atoms with Crippen LogP contribution in [-0.4, -0.2) is 49.4 Å². The van der Waals surface area contributed by atoms with Crippen molar-refractivity contribution in [1.29, 1.82) is 0 Å². The van der Waals surface area contributed by atoms with E-state index in [0.29, 0.717) is 42.7 Å². The van der Waals surface area contributed by atoms with E-state index in [1.54, 1.807) is 24.1 Å². The van der Waals surface area contributed by atoms with Crippen molar-refractivity contribution >= 4 is 53.4 Å². The van der Waals surface area contributed by atoms with Gasteiger partial charge < -0.3 is 20.9 Å². The summed E-state index contributed by atoms with van der Waals surface area (Å²) < 4.78 is 0. The van der Waals surface area contributed by atoms with Crippen LogP contribution in [0.2, 0.25) is 5.02 Å². The number of benzene rings is 2. The van der Waals surface area contributed by atoms with E-state index < -0.39 is 0 Å². The molecule has 0 unspecified atom stereocenters. The van der Waals surface area contributed by atoms with E-state index in [9.17, 15) is 9.59 Å². The van der Waals surface area contributed by atoms with Crippen LogP contribution in [0.5, 0.6) is 0 Å². The number of halogens is 2. The highest BCUT2D eigenvalue weighted by molar-refractivity contribution is 14.0. The van der Waals surface area contributed by atoms with E-state index >= 15 is 0 Å². The van der Waals surface area contributed by atoms with Gasteiger partial charge in [0.25, 0.3) is 5.91 Å². The molecule has 0 spiro atoms. The van der Waals surface area contributed by atoms with Gasteiger partial charge in [0.2, 0.25) is 5.91 Å². The Morgan fingerprint density at radius 2 is 1.83 bits per heavy atom. The van der Waals surface area contributed by atoms with Crippen LogP contribution in [-0.2, 0) is 17.9 Å². The number of carbonyl (C=O) groups is 2. The summed E-state index contributed by atoms with van der Waals surface area (Å²) in [5, 5.41) is 9.90. The normalized spacial score (nSPS) is 13.9. The molecule has 2 aromatic carbocycles. The number of guanidine groups is 1. The Morgan fingerprint density at radius 3 is 2.50 bits per heavy atom. The van der Waals surface area contributed by atoms with Crippen LogP contribution >= 0.6 is 35.6 Å². The van der Waals surface area contributed by atoms with Gasteiger partial charge in [0.05, 0.1) is 6.54 Å². The first-order chi connectivity index (χ1) is 14.1. The van der Waals surface area contributed by atoms with E-state index in [1.807, 2.05) is 36.4 Å². The molecule has 160 valence electrons. The molecular formula is C21H25ClIN5O2. The molecule has 0 atom stereocenters. The lowest BCUT2D eigenvalue weighted by Crippen LogP contribution is -2.49. The number of nitrogens with zero attached hydrogens (tertiary/aromatic N) is 2. The molecule has 1 fully saturated rings. The van der Waals surface area contributed by atoms with Gasteiger partial charge in [-0.05, 0) is 29.3 Å². The Labute approximate surface area is 198 Å². The molecule has 0 saturated carbocycles. The summed E-state index contributed by atoms with van der Waals surface area (Å²) >= 11 is 6.17. The van der Waals surface area contributed by atoms with Gasteiger partial charge in [0.15, 0.2) is 5.96 Å². The molecule has 30 heavy (non-hydrogen) atoms. The van der Waals surface area contributed by atoms with Gasteiger partial charge in [-0.25, -0.2) is 0 Å². The van der Waals surface area contributed by atoms with E-state index in [0.717, 1.165) is 11.1 Å². The van der Waals surface area contributed by atoms with Gasteiger partial charge >= 0.3 is 0 Å². The van der Waals surface area contributed by atoms with Crippen molar-refractivity contribution in [1.82, 2.24) is 20.9 Å². The zero-order valence-corrected chi connectivity index (χ0v) is 19.7. The number of hydrogen-bond acceptors (Lipinski definition) is 3. The monoisotopic (exact) mass is 541 g/mol. The fourth-order valence-electron chi connectivity index (χ4n) is 2.99. The number of nitrogens with one attached hydrogen (secondary N) is 3. The molecule has 1 heterocycles. The van der Waals surface area contributed by atoms with Crippen molar-refractivity contribution in [2.45, 2.75) is 13.1 Å². The van der Waals surface area contributed by atoms with Gasteiger partial charge in [-0.1, -0.05) is 41.9 Å². The maximum atomic E-state index is 12.5. The molecule has 9 heteroatoms. The molecule has 0 radical (unpaired) electrons. The molecule has 2 amide bonds. The van der Waals surface area contributed by atoms with Crippen LogP contribution in [0.1, 0.15) is 21.5 Å². The summed E-state index contributed by atoms with van der Waals surface area (Å²) in [6.07, 6.45) is 0. The summed E-state index contributed by atoms with van der Waals surface area (Å²) in [6.45, 7) is 2.25. The Balaban J connectivity index is 0.00000320. The van der Waals surface area contributed by atoms with Crippen LogP contribution in [0.25, 0.3) is 0 Å². The molecule has 2 aromatic rings. The van der Waals surface area contributed by atoms with Gasteiger partial charge in [-0.15, -0.1) is 24.0 Å². The van der Waals surface area contributed by atoms with E-state index in [1.165, 1.54) is 0 Å². The second kappa shape index (κ2) is 11.8. The first kappa shape index (κ1) is 23.9. The van der Waals surface area contributed by atoms with Crippen molar-refractivity contribution in [2.75, 3.05) is 26.7 Å². The summed E-state index contributed by atoms with van der Waals surface area (Å²) in [6, 6.07) is 15.0. The molecule has 3 rings (SSSR count). The predicted molar refractivity (Wildman–Crippen MR) is 129 cm³/mol. The minimum absolute atomic E-state index is 0. The number of amides is 2. The minimum atomic E-state index is -0.128. The van der Waals surface area contributed by atoms with Gasteiger partial charge in [-0.3, -0.25) is 14.6 Å². The Morgan fingerprint density at radius 1 is 1.13 bits per heavy atom. The number of aliphatic imine (C=N–C) groups is 1. The molecule has 1 saturated heterocycles. The standard InChI is InChI=1S/C21H24ClN5O2.HI/c1-23-21(26-13-17-4-2-3-5-18(17)22)25-12-15-6-8-16(9-7-15)20(29)27-11-10-24-19(28)14-27;/h2-9H,10-14H2,1H3,(H,24,28)(H2,23,25,26);1H. The fourth-order valence-corrected chi connectivity index (χ4v) is 3.19. The van der Waals surface area contributed by atoms with Crippen molar-refractivity contribution in [3.05, 3.63) is 70.2 Å². The van der Waals surface area contributed by atoms with Crippen molar-refractivity contribution in [2.24, 2.45) is 4.99 Å². The summed E-state index contributed by atoms with van der Waals surface area (Å²) in [4.78, 5) is 29.7. The zero-order valence-electron chi connectivity index (χ0n) is 16.7. The SMILES string of the molecule is CN=C(NCc1ccc(C(=O)N2CCNC(=O)C2)cc1)NCc1ccccc1Cl.I. The highest BCUT2D eigenvalue weighted by atomic mass is 127. The second-order valence-corrected chi connectivity index (χ2v) is 7.05. The van der Waals surface area contributed by atoms with Crippen LogP contribution in [0.15, 0.2) is 53.5 Å². The van der Waals surface area contributed by atoms with E-state index in [-0.39, 0.29) is 42.3 Å². The number of rotatable bonds is 5. The van der Waals surface area contributed by atoms with Crippen LogP contribution < -0.4 is 16.0 Å². The second-order valence-electron chi connectivity index (χ2n) is 6.64. The van der Waals surface area contributed by atoms with Gasteiger partial charge in [-0.2, -0.15) is 0 Å². The Hall–Kier alpha value is -2.33. The van der Waals surface area contributed by atoms with Crippen LogP contribution in [0.3, 0.4) is 0 Å². The molecule has 0 aromatic heterocycles. The van der Waals surface area contributed by atoms with E-state index in [4.69, 9.17) is 11.6 Å². The largest absolute Gasteiger partial charge is 0.353 e. The third kappa shape index (κ3) is 6.60. The minimum Gasteiger partial charge on any atom is -0.353 e. The summed E-state index contributed by atoms with van der Waals surface area (Å²) in [5.41, 5.74) is 2.58. The highest BCUT2D eigenvalue weighted by Crippen LogP contribution is 2.14. The number of carbonyl (C=O) groups excluding carboxylic acids is 2. The molecule has 3 N–H and O–H groups in total. The van der Waals surface area contributed by atoms with Crippen molar-refractivity contribution in [3.63, 3.8) is 0 Å².